The third-order valence-electron chi connectivity index (χ3n) is 0.188. The van der Waals surface area contributed by atoms with Gasteiger partial charge in [-0.3, -0.25) is 9.96 Å². The number of hydrogen-bond acceptors (Lipinski definition) is 4. The minimum Gasteiger partial charge on any atom is -0.750 e. The molecule has 0 aliphatic rings. The van der Waals surface area contributed by atoms with E-state index in [4.69, 9.17) is 23.3 Å². The number of nitrogens with two attached hydrogens (primary N) is 1. The second kappa shape index (κ2) is 10.7. The molecule has 0 aromatic heterocycles. The van der Waals surface area contributed by atoms with Crippen molar-refractivity contribution in [2.45, 2.75) is 0 Å². The van der Waals surface area contributed by atoms with Crippen LogP contribution in [0.15, 0.2) is 0 Å². The molecule has 10 heteroatoms. The summed E-state index contributed by atoms with van der Waals surface area (Å²) in [7, 11) is 0. The molecule has 0 aromatic rings. The van der Waals surface area contributed by atoms with E-state index in [0.29, 0.717) is 0 Å². The molecule has 11 heavy (non-hydrogen) atoms. The molecule has 0 radical (unpaired) electrons. The largest absolute Gasteiger partial charge is 1.00 e. The first kappa shape index (κ1) is 17.7. The van der Waals surface area contributed by atoms with E-state index >= 15 is 0 Å². The van der Waals surface area contributed by atoms with Crippen LogP contribution in [-0.4, -0.2) is 27.2 Å². The van der Waals surface area contributed by atoms with Gasteiger partial charge < -0.3 is 14.8 Å². The summed E-state index contributed by atoms with van der Waals surface area (Å²) in [6, 6.07) is 0. The Morgan fingerprint density at radius 2 is 1.55 bits per heavy atom. The molecule has 5 N–H and O–H groups in total. The van der Waals surface area contributed by atoms with Gasteiger partial charge in [-0.1, -0.05) is 0 Å². The summed E-state index contributed by atoms with van der Waals surface area (Å²) in [6.45, 7) is 0. The van der Waals surface area contributed by atoms with Gasteiger partial charge in [0.15, 0.2) is 0 Å². The second-order valence-corrected chi connectivity index (χ2v) is 2.20. The van der Waals surface area contributed by atoms with E-state index in [1.165, 1.54) is 0 Å². The van der Waals surface area contributed by atoms with Gasteiger partial charge in [0.2, 0.25) is 16.2 Å². The van der Waals surface area contributed by atoms with E-state index in [-0.39, 0.29) is 29.6 Å². The second-order valence-electron chi connectivity index (χ2n) is 0.831. The first-order valence-electron chi connectivity index (χ1n) is 1.61. The Balaban J connectivity index is -0.000000114. The quantitative estimate of drug-likeness (QED) is 0.137. The molecule has 0 aromatic carbocycles. The van der Waals surface area contributed by atoms with Crippen molar-refractivity contribution < 1.29 is 51.6 Å². The first-order valence-corrected chi connectivity index (χ1v) is 3.75. The molecule has 7 nitrogen and oxygen atoms in total. The molecule has 62 valence electrons. The molecule has 0 saturated heterocycles. The fourth-order valence-corrected chi connectivity index (χ4v) is 0. The van der Waals surface area contributed by atoms with Gasteiger partial charge in [0.25, 0.3) is 0 Å². The van der Waals surface area contributed by atoms with Crippen LogP contribution < -0.4 is 35.3 Å². The fourth-order valence-electron chi connectivity index (χ4n) is 0. The molecule has 0 rings (SSSR count). The van der Waals surface area contributed by atoms with Crippen LogP contribution in [0.1, 0.15) is 0 Å². The molecule has 2 unspecified atom stereocenters. The fraction of sp³-hybridized carbons (Fsp3) is 0. The average molecular weight is 212 g/mol. The zero-order chi connectivity index (χ0) is 8.73. The maximum atomic E-state index is 9.46. The van der Waals surface area contributed by atoms with Crippen molar-refractivity contribution >= 4 is 27.6 Å². The molecule has 0 saturated carbocycles. The Morgan fingerprint density at radius 1 is 1.45 bits per heavy atom. The van der Waals surface area contributed by atoms with E-state index < -0.39 is 27.6 Å². The Kier molecular flexibility index (Phi) is 17.1. The summed E-state index contributed by atoms with van der Waals surface area (Å²) in [5, 5.41) is 5.46. The zero-order valence-electron chi connectivity index (χ0n) is 5.51. The van der Waals surface area contributed by atoms with Gasteiger partial charge >= 0.3 is 29.6 Å². The minimum absolute atomic E-state index is 0. The number of nitrogens with one attached hydrogen (secondary N) is 1. The molecular weight excluding hydrogens is 207 g/mol. The monoisotopic (exact) mass is 212 g/mol. The molecule has 0 amide bonds. The zero-order valence-corrected chi connectivity index (χ0v) is 9.15. The molecule has 0 spiro atoms. The summed E-state index contributed by atoms with van der Waals surface area (Å²) < 4.78 is 41.3. The van der Waals surface area contributed by atoms with Crippen LogP contribution >= 0.6 is 0 Å². The molecule has 2 atom stereocenters. The molecule has 0 aliphatic heterocycles. The predicted molar refractivity (Wildman–Crippen MR) is 34.2 cm³/mol. The Hall–Kier alpha value is 0.650. The van der Waals surface area contributed by atoms with Crippen LogP contribution in [0.25, 0.3) is 0 Å². The van der Waals surface area contributed by atoms with E-state index in [0.717, 1.165) is 0 Å². The van der Waals surface area contributed by atoms with Crippen molar-refractivity contribution in [2.75, 3.05) is 0 Å². The molecule has 0 bridgehead atoms. The van der Waals surface area contributed by atoms with E-state index in [1.54, 1.807) is 0 Å². The summed E-state index contributed by atoms with van der Waals surface area (Å²) in [6.07, 6.45) is 0. The van der Waals surface area contributed by atoms with E-state index in [2.05, 4.69) is 5.73 Å². The van der Waals surface area contributed by atoms with Gasteiger partial charge in [-0.15, -0.1) is 0 Å². The molecule has 0 fully saturated rings. The molecular formula is CH5N2NaO5S2. The van der Waals surface area contributed by atoms with Crippen molar-refractivity contribution in [3.05, 3.63) is 0 Å². The van der Waals surface area contributed by atoms with Gasteiger partial charge in [0, 0.05) is 0 Å². The standard InChI is InChI=1S/CH4N2O2S.Na.H2O3S/c2-1(3)6(4)5;;1-4(2)3/h(H3,2,3)(H,4,5);;(H2,1,2,3)/q;+1;/p-1. The summed E-state index contributed by atoms with van der Waals surface area (Å²) in [4.78, 5) is 0. The summed E-state index contributed by atoms with van der Waals surface area (Å²) in [5.74, 6) is 0. The van der Waals surface area contributed by atoms with Crippen LogP contribution in [0.3, 0.4) is 0 Å². The van der Waals surface area contributed by atoms with Crippen molar-refractivity contribution in [1.29, 1.82) is 5.41 Å². The number of amidine groups is 1. The summed E-state index contributed by atoms with van der Waals surface area (Å²) in [5.41, 5.74) is 4.47. The van der Waals surface area contributed by atoms with Gasteiger partial charge in [-0.05, 0) is 0 Å². The third kappa shape index (κ3) is 36.9. The maximum absolute atomic E-state index is 9.46. The number of hydrogen-bond donors (Lipinski definition) is 4. The maximum Gasteiger partial charge on any atom is 1.00 e. The van der Waals surface area contributed by atoms with Gasteiger partial charge in [-0.2, -0.15) is 0 Å². The van der Waals surface area contributed by atoms with Gasteiger partial charge in [0.1, 0.15) is 0 Å². The Labute approximate surface area is 89.9 Å². The van der Waals surface area contributed by atoms with Crippen LogP contribution in [0.2, 0.25) is 0 Å². The van der Waals surface area contributed by atoms with Crippen molar-refractivity contribution in [3.8, 4) is 0 Å². The number of rotatable bonds is 0. The van der Waals surface area contributed by atoms with Crippen LogP contribution in [0.5, 0.6) is 0 Å². The van der Waals surface area contributed by atoms with Crippen LogP contribution in [-0.2, 0) is 22.4 Å². The molecule has 0 heterocycles. The Bertz CT molecular complexity index is 145. The van der Waals surface area contributed by atoms with Crippen molar-refractivity contribution in [3.63, 3.8) is 0 Å². The van der Waals surface area contributed by atoms with Crippen molar-refractivity contribution in [1.82, 2.24) is 0 Å². The third-order valence-corrected chi connectivity index (χ3v) is 0.564. The van der Waals surface area contributed by atoms with Crippen LogP contribution in [0, 0.1) is 5.41 Å². The SMILES string of the molecule is N=C(N)S(=O)O.O=S([O-])O.[Na+]. The van der Waals surface area contributed by atoms with Gasteiger partial charge in [0.05, 0.1) is 11.4 Å². The van der Waals surface area contributed by atoms with Gasteiger partial charge in [-0.25, -0.2) is 8.42 Å². The van der Waals surface area contributed by atoms with Crippen LogP contribution in [0.4, 0.5) is 0 Å². The van der Waals surface area contributed by atoms with Crippen molar-refractivity contribution in [2.24, 2.45) is 5.73 Å². The van der Waals surface area contributed by atoms with E-state index in [9.17, 15) is 4.21 Å². The topological polar surface area (TPSA) is 148 Å². The first-order chi connectivity index (χ1) is 4.37. The smallest absolute Gasteiger partial charge is 0.750 e. The minimum atomic E-state index is -2.86. The Morgan fingerprint density at radius 3 is 1.55 bits per heavy atom. The normalized spacial score (nSPS) is 13.0. The molecule has 0 aliphatic carbocycles. The predicted octanol–water partition coefficient (Wildman–Crippen LogP) is -4.56. The summed E-state index contributed by atoms with van der Waals surface area (Å²) >= 11 is -5.12. The van der Waals surface area contributed by atoms with E-state index in [1.807, 2.05) is 0 Å². The average Bonchev–Trinajstić information content (AvgIpc) is 1.63.